The van der Waals surface area contributed by atoms with E-state index in [0.29, 0.717) is 6.04 Å². The van der Waals surface area contributed by atoms with Crippen LogP contribution in [0.15, 0.2) is 0 Å². The van der Waals surface area contributed by atoms with E-state index in [1.165, 1.54) is 4.86 Å². The lowest BCUT2D eigenvalue weighted by Gasteiger charge is -2.18. The monoisotopic (exact) mass is 244 g/mol. The fourth-order valence-corrected chi connectivity index (χ4v) is 1.94. The van der Waals surface area contributed by atoms with E-state index in [2.05, 4.69) is 23.2 Å². The topological polar surface area (TPSA) is 15.3 Å². The summed E-state index contributed by atoms with van der Waals surface area (Å²) in [6, 6.07) is 0.457. The number of hydrogen-bond acceptors (Lipinski definition) is 3. The van der Waals surface area contributed by atoms with Crippen molar-refractivity contribution in [1.29, 1.82) is 0 Å². The number of nitrogens with one attached hydrogen (secondary N) is 1. The summed E-state index contributed by atoms with van der Waals surface area (Å²) in [4.78, 5) is 3.46. The Hall–Kier alpha value is -0.430. The van der Waals surface area contributed by atoms with Crippen molar-refractivity contribution in [1.82, 2.24) is 10.2 Å². The van der Waals surface area contributed by atoms with Crippen LogP contribution >= 0.6 is 12.2 Å². The molecule has 0 saturated carbocycles. The van der Waals surface area contributed by atoms with E-state index in [1.54, 1.807) is 0 Å². The van der Waals surface area contributed by atoms with Gasteiger partial charge in [-0.1, -0.05) is 26.1 Å². The second-order valence-electron chi connectivity index (χ2n) is 3.77. The predicted molar refractivity (Wildman–Crippen MR) is 80.1 cm³/mol. The molecule has 0 aromatic heterocycles. The highest BCUT2D eigenvalue weighted by atomic mass is 32.1. The van der Waals surface area contributed by atoms with Crippen molar-refractivity contribution in [3.63, 3.8) is 0 Å². The van der Waals surface area contributed by atoms with Crippen molar-refractivity contribution < 1.29 is 2.85 Å². The molecule has 1 rings (SSSR count). The second kappa shape index (κ2) is 9.77. The number of terminal acetylenes is 1. The van der Waals surface area contributed by atoms with Gasteiger partial charge in [-0.05, 0) is 26.4 Å². The molecule has 1 N–H and O–H groups in total. The zero-order valence-electron chi connectivity index (χ0n) is 10.8. The first-order valence-electron chi connectivity index (χ1n) is 6.12. The van der Waals surface area contributed by atoms with Gasteiger partial charge in [-0.25, -0.2) is 0 Å². The Kier molecular flexibility index (Phi) is 9.51. The van der Waals surface area contributed by atoms with Gasteiger partial charge in [0, 0.05) is 33.3 Å². The minimum atomic E-state index is 0. The maximum Gasteiger partial charge on any atom is 0.0396 e. The van der Waals surface area contributed by atoms with Gasteiger partial charge in [0.1, 0.15) is 0 Å². The molecule has 0 aliphatic carbocycles. The third-order valence-corrected chi connectivity index (χ3v) is 3.08. The maximum atomic E-state index is 5.27. The Bertz CT molecular complexity index is 242. The predicted octanol–water partition coefficient (Wildman–Crippen LogP) is 2.58. The van der Waals surface area contributed by atoms with Crippen LogP contribution in [0.1, 0.15) is 36.0 Å². The first-order chi connectivity index (χ1) is 7.74. The molecule has 1 unspecified atom stereocenters. The molecule has 1 aliphatic heterocycles. The summed E-state index contributed by atoms with van der Waals surface area (Å²) in [6.07, 6.45) is 8.21. The average molecular weight is 244 g/mol. The van der Waals surface area contributed by atoms with Gasteiger partial charge in [0.25, 0.3) is 0 Å². The molecule has 1 atom stereocenters. The zero-order chi connectivity index (χ0) is 12.4. The van der Waals surface area contributed by atoms with Gasteiger partial charge in [-0.15, -0.1) is 12.3 Å². The maximum absolute atomic E-state index is 5.27. The van der Waals surface area contributed by atoms with Gasteiger partial charge in [0.2, 0.25) is 0 Å². The standard InChI is InChI=1S/C11H18N2S.C2H6.2H2/c1-3-4-8-13(2)9-6-10-11(14)5-7-12-10;1-2;;/h1,10,12H,4-9H2,2H3;1-2H3;2*1H. The number of thiocarbonyl (C=S) groups is 1. The van der Waals surface area contributed by atoms with Crippen molar-refractivity contribution in [3.05, 3.63) is 0 Å². The van der Waals surface area contributed by atoms with E-state index in [0.717, 1.165) is 38.9 Å². The Labute approximate surface area is 109 Å². The van der Waals surface area contributed by atoms with E-state index in [-0.39, 0.29) is 2.85 Å². The minimum absolute atomic E-state index is 0. The lowest BCUT2D eigenvalue weighted by atomic mass is 10.1. The summed E-state index contributed by atoms with van der Waals surface area (Å²) in [7, 11) is 2.11. The molecule has 0 aromatic rings. The molecule has 0 amide bonds. The fourth-order valence-electron chi connectivity index (χ4n) is 1.64. The van der Waals surface area contributed by atoms with Crippen LogP contribution in [0.4, 0.5) is 0 Å². The lowest BCUT2D eigenvalue weighted by molar-refractivity contribution is 0.330. The first kappa shape index (κ1) is 15.6. The van der Waals surface area contributed by atoms with Crippen molar-refractivity contribution in [3.8, 4) is 12.3 Å². The molecule has 0 radical (unpaired) electrons. The van der Waals surface area contributed by atoms with E-state index in [4.69, 9.17) is 18.6 Å². The molecule has 1 fully saturated rings. The van der Waals surface area contributed by atoms with Crippen LogP contribution in [0, 0.1) is 12.3 Å². The van der Waals surface area contributed by atoms with Gasteiger partial charge in [0.15, 0.2) is 0 Å². The molecule has 16 heavy (non-hydrogen) atoms. The summed E-state index contributed by atoms with van der Waals surface area (Å²) in [5.74, 6) is 2.65. The minimum Gasteiger partial charge on any atom is -0.309 e. The normalized spacial score (nSPS) is 19.2. The molecule has 0 bridgehead atoms. The molecule has 0 aromatic carbocycles. The van der Waals surface area contributed by atoms with Crippen molar-refractivity contribution in [2.24, 2.45) is 0 Å². The first-order valence-corrected chi connectivity index (χ1v) is 6.53. The summed E-state index contributed by atoms with van der Waals surface area (Å²) < 4.78 is 0. The largest absolute Gasteiger partial charge is 0.309 e. The smallest absolute Gasteiger partial charge is 0.0396 e. The Balaban J connectivity index is -0.000000534. The van der Waals surface area contributed by atoms with Crippen LogP contribution < -0.4 is 5.32 Å². The van der Waals surface area contributed by atoms with E-state index in [1.807, 2.05) is 13.8 Å². The summed E-state index contributed by atoms with van der Waals surface area (Å²) in [5, 5.41) is 3.41. The van der Waals surface area contributed by atoms with Gasteiger partial charge in [-0.2, -0.15) is 0 Å². The summed E-state index contributed by atoms with van der Waals surface area (Å²) >= 11 is 5.27. The number of hydrogen-bond donors (Lipinski definition) is 1. The SMILES string of the molecule is C#CCCN(C)CCC1NCCC1=S.CC.[HH].[HH]. The quantitative estimate of drug-likeness (QED) is 0.591. The molecular formula is C13H28N2S. The summed E-state index contributed by atoms with van der Waals surface area (Å²) in [6.45, 7) is 7.10. The van der Waals surface area contributed by atoms with Gasteiger partial charge < -0.3 is 10.2 Å². The number of rotatable bonds is 5. The summed E-state index contributed by atoms with van der Waals surface area (Å²) in [5.41, 5.74) is 0. The zero-order valence-corrected chi connectivity index (χ0v) is 11.6. The van der Waals surface area contributed by atoms with Crippen LogP contribution in [-0.4, -0.2) is 42.5 Å². The highest BCUT2D eigenvalue weighted by Gasteiger charge is 2.19. The van der Waals surface area contributed by atoms with Crippen molar-refractivity contribution >= 4 is 17.1 Å². The van der Waals surface area contributed by atoms with Gasteiger partial charge >= 0.3 is 0 Å². The van der Waals surface area contributed by atoms with Gasteiger partial charge in [-0.3, -0.25) is 0 Å². The van der Waals surface area contributed by atoms with Crippen LogP contribution in [0.5, 0.6) is 0 Å². The molecule has 1 heterocycles. The number of nitrogens with zero attached hydrogens (tertiary/aromatic N) is 1. The highest BCUT2D eigenvalue weighted by molar-refractivity contribution is 7.80. The second-order valence-corrected chi connectivity index (χ2v) is 4.29. The Morgan fingerprint density at radius 3 is 2.75 bits per heavy atom. The van der Waals surface area contributed by atoms with Gasteiger partial charge in [0.05, 0.1) is 0 Å². The van der Waals surface area contributed by atoms with Crippen LogP contribution in [-0.2, 0) is 0 Å². The van der Waals surface area contributed by atoms with Crippen LogP contribution in [0.3, 0.4) is 0 Å². The average Bonchev–Trinajstić information content (AvgIpc) is 2.72. The molecular weight excluding hydrogens is 216 g/mol. The van der Waals surface area contributed by atoms with Crippen molar-refractivity contribution in [2.75, 3.05) is 26.7 Å². The molecule has 2 nitrogen and oxygen atoms in total. The fraction of sp³-hybridized carbons (Fsp3) is 0.769. The third kappa shape index (κ3) is 6.22. The van der Waals surface area contributed by atoms with Crippen molar-refractivity contribution in [2.45, 2.75) is 39.2 Å². The molecule has 1 aliphatic rings. The molecule has 0 spiro atoms. The Morgan fingerprint density at radius 2 is 2.25 bits per heavy atom. The van der Waals surface area contributed by atoms with Crippen LogP contribution in [0.25, 0.3) is 0 Å². The molecule has 3 heteroatoms. The lowest BCUT2D eigenvalue weighted by Crippen LogP contribution is -2.31. The van der Waals surface area contributed by atoms with E-state index >= 15 is 0 Å². The molecule has 1 saturated heterocycles. The van der Waals surface area contributed by atoms with E-state index in [9.17, 15) is 0 Å². The van der Waals surface area contributed by atoms with Crippen LogP contribution in [0.2, 0.25) is 0 Å². The third-order valence-electron chi connectivity index (χ3n) is 2.59. The molecule has 96 valence electrons. The Morgan fingerprint density at radius 1 is 1.56 bits per heavy atom. The van der Waals surface area contributed by atoms with E-state index < -0.39 is 0 Å². The highest BCUT2D eigenvalue weighted by Crippen LogP contribution is 2.07.